The van der Waals surface area contributed by atoms with Crippen LogP contribution in [0.2, 0.25) is 0 Å². The van der Waals surface area contributed by atoms with Gasteiger partial charge in [0.15, 0.2) is 0 Å². The Bertz CT molecular complexity index is 367. The highest BCUT2D eigenvalue weighted by atomic mass is 16.5. The molecular formula is C12H13O4. The van der Waals surface area contributed by atoms with Crippen LogP contribution in [0.1, 0.15) is 23.7 Å². The highest BCUT2D eigenvalue weighted by molar-refractivity contribution is 5.89. The highest BCUT2D eigenvalue weighted by Crippen LogP contribution is 2.13. The quantitative estimate of drug-likeness (QED) is 0.576. The van der Waals surface area contributed by atoms with Gasteiger partial charge in [0.1, 0.15) is 5.75 Å². The van der Waals surface area contributed by atoms with Gasteiger partial charge in [-0.3, -0.25) is 4.79 Å². The van der Waals surface area contributed by atoms with Crippen molar-refractivity contribution < 1.29 is 19.1 Å². The Morgan fingerprint density at radius 2 is 1.88 bits per heavy atom. The summed E-state index contributed by atoms with van der Waals surface area (Å²) in [5, 5.41) is 0. The molecule has 0 unspecified atom stereocenters. The molecule has 4 heteroatoms. The Morgan fingerprint density at radius 1 is 1.25 bits per heavy atom. The molecule has 4 nitrogen and oxygen atoms in total. The average Bonchev–Trinajstić information content (AvgIpc) is 2.29. The van der Waals surface area contributed by atoms with E-state index >= 15 is 0 Å². The Morgan fingerprint density at radius 3 is 2.38 bits per heavy atom. The predicted molar refractivity (Wildman–Crippen MR) is 58.0 cm³/mol. The Kier molecular flexibility index (Phi) is 4.51. The van der Waals surface area contributed by atoms with Crippen LogP contribution >= 0.6 is 0 Å². The number of hydrogen-bond donors (Lipinski definition) is 0. The Hall–Kier alpha value is -1.84. The van der Waals surface area contributed by atoms with E-state index in [1.165, 1.54) is 13.5 Å². The molecule has 0 saturated heterocycles. The van der Waals surface area contributed by atoms with Crippen LogP contribution in [0.15, 0.2) is 24.3 Å². The van der Waals surface area contributed by atoms with E-state index in [9.17, 15) is 9.59 Å². The summed E-state index contributed by atoms with van der Waals surface area (Å²) in [6.07, 6.45) is 2.06. The third-order valence-electron chi connectivity index (χ3n) is 1.86. The summed E-state index contributed by atoms with van der Waals surface area (Å²) in [5.41, 5.74) is 0.418. The van der Waals surface area contributed by atoms with E-state index in [1.807, 2.05) is 6.92 Å². The van der Waals surface area contributed by atoms with Crippen LogP contribution < -0.4 is 4.74 Å². The first kappa shape index (κ1) is 12.2. The van der Waals surface area contributed by atoms with Gasteiger partial charge < -0.3 is 9.47 Å². The molecule has 0 atom stereocenters. The number of methoxy groups -OCH3 is 1. The van der Waals surface area contributed by atoms with E-state index in [0.717, 1.165) is 0 Å². The van der Waals surface area contributed by atoms with Crippen molar-refractivity contribution in [2.24, 2.45) is 0 Å². The second kappa shape index (κ2) is 5.90. The average molecular weight is 221 g/mol. The lowest BCUT2D eigenvalue weighted by Crippen LogP contribution is -2.08. The van der Waals surface area contributed by atoms with Crippen molar-refractivity contribution in [1.82, 2.24) is 0 Å². The monoisotopic (exact) mass is 221 g/mol. The van der Waals surface area contributed by atoms with E-state index in [-0.39, 0.29) is 0 Å². The van der Waals surface area contributed by atoms with Crippen molar-refractivity contribution in [3.63, 3.8) is 0 Å². The molecule has 1 aromatic carbocycles. The van der Waals surface area contributed by atoms with E-state index < -0.39 is 11.9 Å². The lowest BCUT2D eigenvalue weighted by Gasteiger charge is -2.03. The molecule has 0 N–H and O–H groups in total. The van der Waals surface area contributed by atoms with Crippen LogP contribution in [0.5, 0.6) is 5.75 Å². The van der Waals surface area contributed by atoms with Gasteiger partial charge in [0, 0.05) is 0 Å². The van der Waals surface area contributed by atoms with Crippen molar-refractivity contribution in [2.75, 3.05) is 7.11 Å². The molecular weight excluding hydrogens is 208 g/mol. The number of carbonyl (C=O) groups is 2. The van der Waals surface area contributed by atoms with Crippen LogP contribution in [0.3, 0.4) is 0 Å². The van der Waals surface area contributed by atoms with Crippen LogP contribution in [0, 0.1) is 6.42 Å². The predicted octanol–water partition coefficient (Wildman–Crippen LogP) is 1.99. The van der Waals surface area contributed by atoms with Crippen molar-refractivity contribution in [3.8, 4) is 5.75 Å². The van der Waals surface area contributed by atoms with Crippen molar-refractivity contribution >= 4 is 11.9 Å². The van der Waals surface area contributed by atoms with E-state index in [1.54, 1.807) is 24.3 Å². The zero-order chi connectivity index (χ0) is 12.0. The standard InChI is InChI=1S/C12H13O4/c1-3-4-11(13)16-10-7-5-9(6-8-10)12(14)15-2/h4-8H,3H2,1-2H3. The minimum atomic E-state index is -0.419. The summed E-state index contributed by atoms with van der Waals surface area (Å²) >= 11 is 0. The number of hydrogen-bond acceptors (Lipinski definition) is 4. The number of rotatable bonds is 4. The van der Waals surface area contributed by atoms with Crippen LogP contribution in [-0.4, -0.2) is 19.0 Å². The first-order chi connectivity index (χ1) is 7.67. The molecule has 1 radical (unpaired) electrons. The minimum absolute atomic E-state index is 0.395. The molecule has 16 heavy (non-hydrogen) atoms. The van der Waals surface area contributed by atoms with Gasteiger partial charge >= 0.3 is 11.9 Å². The molecule has 0 heterocycles. The molecule has 0 spiro atoms. The molecule has 1 rings (SSSR count). The fraction of sp³-hybridized carbons (Fsp3) is 0.250. The first-order valence-electron chi connectivity index (χ1n) is 4.90. The van der Waals surface area contributed by atoms with Crippen LogP contribution in [-0.2, 0) is 9.53 Å². The van der Waals surface area contributed by atoms with Gasteiger partial charge in [-0.2, -0.15) is 0 Å². The second-order valence-electron chi connectivity index (χ2n) is 3.05. The molecule has 0 bridgehead atoms. The van der Waals surface area contributed by atoms with Gasteiger partial charge in [-0.1, -0.05) is 6.92 Å². The fourth-order valence-corrected chi connectivity index (χ4v) is 1.10. The lowest BCUT2D eigenvalue weighted by atomic mass is 10.2. The number of benzene rings is 1. The van der Waals surface area contributed by atoms with Gasteiger partial charge in [0.25, 0.3) is 0 Å². The van der Waals surface area contributed by atoms with Gasteiger partial charge in [-0.05, 0) is 30.7 Å². The zero-order valence-electron chi connectivity index (χ0n) is 9.23. The Labute approximate surface area is 94.2 Å². The van der Waals surface area contributed by atoms with E-state index in [2.05, 4.69) is 4.74 Å². The summed E-state index contributed by atoms with van der Waals surface area (Å²) in [4.78, 5) is 22.2. The normalized spacial score (nSPS) is 9.62. The Balaban J connectivity index is 2.64. The van der Waals surface area contributed by atoms with Crippen molar-refractivity contribution in [3.05, 3.63) is 36.2 Å². The molecule has 0 aliphatic rings. The summed E-state index contributed by atoms with van der Waals surface area (Å²) in [6.45, 7) is 1.85. The third-order valence-corrected chi connectivity index (χ3v) is 1.86. The van der Waals surface area contributed by atoms with Gasteiger partial charge in [0.05, 0.1) is 19.1 Å². The first-order valence-corrected chi connectivity index (χ1v) is 4.90. The zero-order valence-corrected chi connectivity index (χ0v) is 9.23. The van der Waals surface area contributed by atoms with Gasteiger partial charge in [0.2, 0.25) is 0 Å². The van der Waals surface area contributed by atoms with Crippen molar-refractivity contribution in [2.45, 2.75) is 13.3 Å². The SMILES string of the molecule is CC[CH]C(=O)Oc1ccc(C(=O)OC)cc1. The van der Waals surface area contributed by atoms with E-state index in [4.69, 9.17) is 4.74 Å². The van der Waals surface area contributed by atoms with Crippen LogP contribution in [0.4, 0.5) is 0 Å². The van der Waals surface area contributed by atoms with Crippen molar-refractivity contribution in [1.29, 1.82) is 0 Å². The maximum atomic E-state index is 11.1. The maximum Gasteiger partial charge on any atom is 0.337 e. The second-order valence-corrected chi connectivity index (χ2v) is 3.05. The summed E-state index contributed by atoms with van der Waals surface area (Å²) in [7, 11) is 1.31. The molecule has 0 amide bonds. The number of esters is 2. The lowest BCUT2D eigenvalue weighted by molar-refractivity contribution is -0.130. The molecule has 1 aromatic rings. The third kappa shape index (κ3) is 3.38. The summed E-state index contributed by atoms with van der Waals surface area (Å²) < 4.78 is 9.52. The van der Waals surface area contributed by atoms with Crippen LogP contribution in [0.25, 0.3) is 0 Å². The molecule has 0 aliphatic heterocycles. The molecule has 0 aromatic heterocycles. The molecule has 0 fully saturated rings. The molecule has 0 saturated carbocycles. The largest absolute Gasteiger partial charge is 0.465 e. The van der Waals surface area contributed by atoms with E-state index in [0.29, 0.717) is 17.7 Å². The highest BCUT2D eigenvalue weighted by Gasteiger charge is 2.07. The minimum Gasteiger partial charge on any atom is -0.465 e. The fourth-order valence-electron chi connectivity index (χ4n) is 1.10. The topological polar surface area (TPSA) is 52.6 Å². The van der Waals surface area contributed by atoms with Gasteiger partial charge in [-0.15, -0.1) is 0 Å². The smallest absolute Gasteiger partial charge is 0.337 e. The number of carbonyl (C=O) groups excluding carboxylic acids is 2. The maximum absolute atomic E-state index is 11.1. The summed E-state index contributed by atoms with van der Waals surface area (Å²) in [5.74, 6) is -0.409. The molecule has 85 valence electrons. The molecule has 0 aliphatic carbocycles. The van der Waals surface area contributed by atoms with Gasteiger partial charge in [-0.25, -0.2) is 4.79 Å². The summed E-state index contributed by atoms with van der Waals surface area (Å²) in [6, 6.07) is 6.18. The number of ether oxygens (including phenoxy) is 2.